The Morgan fingerprint density at radius 3 is 3.10 bits per heavy atom. The Hall–Kier alpha value is -1.45. The number of likely N-dealkylation sites (tertiary alicyclic amines) is 1. The van der Waals surface area contributed by atoms with E-state index in [4.69, 9.17) is 4.74 Å². The van der Waals surface area contributed by atoms with Crippen LogP contribution < -0.4 is 0 Å². The van der Waals surface area contributed by atoms with Crippen molar-refractivity contribution in [1.29, 1.82) is 0 Å². The maximum absolute atomic E-state index is 5.31. The van der Waals surface area contributed by atoms with Crippen LogP contribution in [0.3, 0.4) is 0 Å². The van der Waals surface area contributed by atoms with Crippen molar-refractivity contribution in [3.05, 3.63) is 42.1 Å². The molecule has 1 aromatic heterocycles. The lowest BCUT2D eigenvalue weighted by Crippen LogP contribution is -2.36. The topological polar surface area (TPSA) is 25.4 Å². The fourth-order valence-electron chi connectivity index (χ4n) is 3.20. The predicted molar refractivity (Wildman–Crippen MR) is 81.6 cm³/mol. The van der Waals surface area contributed by atoms with Crippen LogP contribution in [-0.2, 0) is 11.3 Å². The van der Waals surface area contributed by atoms with Gasteiger partial charge in [-0.15, -0.1) is 0 Å². The molecule has 0 spiro atoms. The van der Waals surface area contributed by atoms with Crippen molar-refractivity contribution in [1.82, 2.24) is 9.88 Å². The maximum atomic E-state index is 5.31. The van der Waals surface area contributed by atoms with Crippen LogP contribution in [0.25, 0.3) is 10.9 Å². The summed E-state index contributed by atoms with van der Waals surface area (Å²) in [6, 6.07) is 10.6. The number of aromatic nitrogens is 1. The smallest absolute Gasteiger partial charge is 0.0746 e. The molecule has 2 heterocycles. The summed E-state index contributed by atoms with van der Waals surface area (Å²) in [6.45, 7) is 4.19. The van der Waals surface area contributed by atoms with E-state index in [-0.39, 0.29) is 0 Å². The maximum Gasteiger partial charge on any atom is 0.0746 e. The highest BCUT2D eigenvalue weighted by Crippen LogP contribution is 2.22. The summed E-state index contributed by atoms with van der Waals surface area (Å²) in [7, 11) is 1.80. The van der Waals surface area contributed by atoms with Crippen LogP contribution >= 0.6 is 0 Å². The number of methoxy groups -OCH3 is 1. The Balaban J connectivity index is 1.76. The van der Waals surface area contributed by atoms with E-state index in [1.165, 1.54) is 30.3 Å². The summed E-state index contributed by atoms with van der Waals surface area (Å²) in [5.74, 6) is 0.677. The van der Waals surface area contributed by atoms with Crippen LogP contribution in [0.1, 0.15) is 18.4 Å². The molecule has 3 heteroatoms. The summed E-state index contributed by atoms with van der Waals surface area (Å²) in [4.78, 5) is 7.09. The van der Waals surface area contributed by atoms with E-state index in [0.717, 1.165) is 25.2 Å². The zero-order valence-electron chi connectivity index (χ0n) is 12.1. The normalized spacial score (nSPS) is 20.4. The molecule has 0 bridgehead atoms. The average Bonchev–Trinajstić information content (AvgIpc) is 2.48. The zero-order valence-corrected chi connectivity index (χ0v) is 12.1. The lowest BCUT2D eigenvalue weighted by molar-refractivity contribution is 0.0875. The van der Waals surface area contributed by atoms with Crippen molar-refractivity contribution in [3.63, 3.8) is 0 Å². The molecule has 1 fully saturated rings. The quantitative estimate of drug-likeness (QED) is 0.853. The first kappa shape index (κ1) is 13.5. The third-order valence-corrected chi connectivity index (χ3v) is 4.12. The van der Waals surface area contributed by atoms with Gasteiger partial charge < -0.3 is 4.74 Å². The molecule has 0 unspecified atom stereocenters. The van der Waals surface area contributed by atoms with Crippen molar-refractivity contribution < 1.29 is 4.74 Å². The molecule has 1 aromatic carbocycles. The van der Waals surface area contributed by atoms with Crippen LogP contribution in [0.5, 0.6) is 0 Å². The van der Waals surface area contributed by atoms with Crippen molar-refractivity contribution in [2.24, 2.45) is 5.92 Å². The van der Waals surface area contributed by atoms with Crippen LogP contribution in [0, 0.1) is 5.92 Å². The largest absolute Gasteiger partial charge is 0.384 e. The van der Waals surface area contributed by atoms with Crippen molar-refractivity contribution >= 4 is 10.9 Å². The molecule has 0 aliphatic carbocycles. The fraction of sp³-hybridized carbons (Fsp3) is 0.471. The highest BCUT2D eigenvalue weighted by atomic mass is 16.5. The van der Waals surface area contributed by atoms with Gasteiger partial charge >= 0.3 is 0 Å². The van der Waals surface area contributed by atoms with Gasteiger partial charge in [-0.2, -0.15) is 0 Å². The summed E-state index contributed by atoms with van der Waals surface area (Å²) in [6.07, 6.45) is 4.44. The van der Waals surface area contributed by atoms with Gasteiger partial charge in [0.05, 0.1) is 12.1 Å². The minimum absolute atomic E-state index is 0.677. The monoisotopic (exact) mass is 270 g/mol. The molecule has 0 radical (unpaired) electrons. The molecule has 3 rings (SSSR count). The lowest BCUT2D eigenvalue weighted by atomic mass is 9.98. The van der Waals surface area contributed by atoms with Gasteiger partial charge in [-0.3, -0.25) is 9.88 Å². The second-order valence-corrected chi connectivity index (χ2v) is 5.69. The van der Waals surface area contributed by atoms with Gasteiger partial charge in [-0.25, -0.2) is 0 Å². The molecule has 2 aromatic rings. The summed E-state index contributed by atoms with van der Waals surface area (Å²) in [5.41, 5.74) is 2.48. The number of benzene rings is 1. The summed E-state index contributed by atoms with van der Waals surface area (Å²) >= 11 is 0. The molecule has 1 aliphatic rings. The molecule has 3 nitrogen and oxygen atoms in total. The third-order valence-electron chi connectivity index (χ3n) is 4.12. The number of hydrogen-bond donors (Lipinski definition) is 0. The van der Waals surface area contributed by atoms with Crippen LogP contribution in [0.15, 0.2) is 36.5 Å². The Morgan fingerprint density at radius 2 is 2.20 bits per heavy atom. The Morgan fingerprint density at radius 1 is 1.30 bits per heavy atom. The number of rotatable bonds is 4. The Labute approximate surface area is 120 Å². The number of nitrogens with zero attached hydrogens (tertiary/aromatic N) is 2. The first-order valence-electron chi connectivity index (χ1n) is 7.41. The van der Waals surface area contributed by atoms with E-state index in [1.54, 1.807) is 7.11 Å². The number of ether oxygens (including phenoxy) is 1. The van der Waals surface area contributed by atoms with E-state index < -0.39 is 0 Å². The number of piperidine rings is 1. The fourth-order valence-corrected chi connectivity index (χ4v) is 3.20. The lowest BCUT2D eigenvalue weighted by Gasteiger charge is -2.32. The second-order valence-electron chi connectivity index (χ2n) is 5.69. The van der Waals surface area contributed by atoms with Gasteiger partial charge in [0.2, 0.25) is 0 Å². The average molecular weight is 270 g/mol. The van der Waals surface area contributed by atoms with E-state index in [1.807, 2.05) is 12.3 Å². The minimum atomic E-state index is 0.677. The van der Waals surface area contributed by atoms with Crippen LogP contribution in [0.2, 0.25) is 0 Å². The van der Waals surface area contributed by atoms with Gasteiger partial charge in [-0.05, 0) is 36.9 Å². The zero-order chi connectivity index (χ0) is 13.8. The van der Waals surface area contributed by atoms with Crippen molar-refractivity contribution in [3.8, 4) is 0 Å². The number of fused-ring (bicyclic) bond motifs is 1. The Kier molecular flexibility index (Phi) is 4.28. The highest BCUT2D eigenvalue weighted by molar-refractivity contribution is 5.81. The van der Waals surface area contributed by atoms with E-state index in [9.17, 15) is 0 Å². The predicted octanol–water partition coefficient (Wildman–Crippen LogP) is 3.09. The summed E-state index contributed by atoms with van der Waals surface area (Å²) < 4.78 is 5.31. The molecular weight excluding hydrogens is 248 g/mol. The first-order valence-corrected chi connectivity index (χ1v) is 7.41. The highest BCUT2D eigenvalue weighted by Gasteiger charge is 2.20. The number of hydrogen-bond acceptors (Lipinski definition) is 3. The van der Waals surface area contributed by atoms with Crippen LogP contribution in [-0.4, -0.2) is 36.7 Å². The van der Waals surface area contributed by atoms with E-state index in [2.05, 4.69) is 34.1 Å². The molecule has 0 amide bonds. The number of pyridine rings is 1. The Bertz CT molecular complexity index is 562. The molecule has 106 valence electrons. The molecule has 0 saturated carbocycles. The second kappa shape index (κ2) is 6.33. The van der Waals surface area contributed by atoms with Gasteiger partial charge in [0.1, 0.15) is 0 Å². The molecule has 1 aliphatic heterocycles. The van der Waals surface area contributed by atoms with Gasteiger partial charge in [-0.1, -0.05) is 24.3 Å². The van der Waals surface area contributed by atoms with Gasteiger partial charge in [0, 0.05) is 31.8 Å². The molecule has 1 atom stereocenters. The van der Waals surface area contributed by atoms with E-state index >= 15 is 0 Å². The molecule has 0 N–H and O–H groups in total. The molecule has 20 heavy (non-hydrogen) atoms. The van der Waals surface area contributed by atoms with Crippen molar-refractivity contribution in [2.45, 2.75) is 19.4 Å². The standard InChI is InChI=1S/C17H22N2O/c1-20-13-14-5-4-10-19(11-14)12-16-7-2-6-15-8-3-9-18-17(15)16/h2-3,6-9,14H,4-5,10-13H2,1H3/t14-/m1/s1. The SMILES string of the molecule is COC[C@@H]1CCCN(Cc2cccc3cccnc23)C1. The number of para-hydroxylation sites is 1. The van der Waals surface area contributed by atoms with Crippen molar-refractivity contribution in [2.75, 3.05) is 26.8 Å². The first-order chi connectivity index (χ1) is 9.86. The molecule has 1 saturated heterocycles. The molecular formula is C17H22N2O. The van der Waals surface area contributed by atoms with Gasteiger partial charge in [0.15, 0.2) is 0 Å². The third kappa shape index (κ3) is 3.00. The van der Waals surface area contributed by atoms with E-state index in [0.29, 0.717) is 5.92 Å². The summed E-state index contributed by atoms with van der Waals surface area (Å²) in [5, 5.41) is 1.23. The minimum Gasteiger partial charge on any atom is -0.384 e. The van der Waals surface area contributed by atoms with Gasteiger partial charge in [0.25, 0.3) is 0 Å². The van der Waals surface area contributed by atoms with Crippen LogP contribution in [0.4, 0.5) is 0 Å².